The Hall–Kier alpha value is -1.60. The number of rotatable bonds is 7. The lowest BCUT2D eigenvalue weighted by Gasteiger charge is -2.23. The molecule has 0 aliphatic carbocycles. The van der Waals surface area contributed by atoms with Gasteiger partial charge in [0.1, 0.15) is 10.6 Å². The van der Waals surface area contributed by atoms with Crippen LogP contribution < -0.4 is 10.5 Å². The highest BCUT2D eigenvalue weighted by molar-refractivity contribution is 7.89. The number of hydrogen-bond donors (Lipinski definition) is 1. The molecule has 0 saturated carbocycles. The zero-order valence-corrected chi connectivity index (χ0v) is 15.4. The van der Waals surface area contributed by atoms with Gasteiger partial charge < -0.3 is 10.5 Å². The van der Waals surface area contributed by atoms with E-state index in [0.29, 0.717) is 5.75 Å². The summed E-state index contributed by atoms with van der Waals surface area (Å²) in [4.78, 5) is 0.171. The average molecular weight is 371 g/mol. The van der Waals surface area contributed by atoms with Gasteiger partial charge >= 0.3 is 0 Å². The molecule has 0 bridgehead atoms. The summed E-state index contributed by atoms with van der Waals surface area (Å²) in [7, 11) is -2.23. The van der Waals surface area contributed by atoms with Crippen LogP contribution in [0, 0.1) is 6.92 Å². The summed E-state index contributed by atoms with van der Waals surface area (Å²) >= 11 is 0. The summed E-state index contributed by atoms with van der Waals surface area (Å²) in [6.45, 7) is 2.62. The largest absolute Gasteiger partial charge is 0.495 e. The predicted molar refractivity (Wildman–Crippen MR) is 98.1 cm³/mol. The number of methoxy groups -OCH3 is 1. The lowest BCUT2D eigenvalue weighted by Crippen LogP contribution is -2.35. The lowest BCUT2D eigenvalue weighted by atomic mass is 10.2. The molecule has 2 rings (SSSR count). The summed E-state index contributed by atoms with van der Waals surface area (Å²) in [5, 5.41) is 0. The highest BCUT2D eigenvalue weighted by Crippen LogP contribution is 2.28. The Morgan fingerprint density at radius 2 is 1.79 bits per heavy atom. The molecule has 132 valence electrons. The third-order valence-electron chi connectivity index (χ3n) is 3.52. The fraction of sp³-hybridized carbons (Fsp3) is 0.294. The Kier molecular flexibility index (Phi) is 7.69. The first-order chi connectivity index (χ1) is 11.0. The Labute approximate surface area is 149 Å². The molecule has 2 aromatic rings. The van der Waals surface area contributed by atoms with Crippen LogP contribution in [0.25, 0.3) is 0 Å². The van der Waals surface area contributed by atoms with Gasteiger partial charge in [-0.2, -0.15) is 4.31 Å². The molecule has 5 nitrogen and oxygen atoms in total. The molecular weight excluding hydrogens is 348 g/mol. The van der Waals surface area contributed by atoms with Crippen LogP contribution in [0.3, 0.4) is 0 Å². The van der Waals surface area contributed by atoms with Gasteiger partial charge in [0.15, 0.2) is 0 Å². The van der Waals surface area contributed by atoms with Crippen molar-refractivity contribution in [3.05, 3.63) is 59.7 Å². The molecule has 0 fully saturated rings. The normalized spacial score (nSPS) is 11.2. The number of benzene rings is 2. The van der Waals surface area contributed by atoms with E-state index in [0.717, 1.165) is 11.1 Å². The third kappa shape index (κ3) is 4.70. The zero-order valence-electron chi connectivity index (χ0n) is 13.8. The van der Waals surface area contributed by atoms with Crippen molar-refractivity contribution in [1.82, 2.24) is 4.31 Å². The number of ether oxygens (including phenoxy) is 1. The van der Waals surface area contributed by atoms with Gasteiger partial charge in [0.25, 0.3) is 0 Å². The Morgan fingerprint density at radius 3 is 2.38 bits per heavy atom. The Bertz CT molecular complexity index is 752. The monoisotopic (exact) mass is 370 g/mol. The maximum atomic E-state index is 13.0. The maximum absolute atomic E-state index is 13.0. The second kappa shape index (κ2) is 9.03. The van der Waals surface area contributed by atoms with Crippen LogP contribution in [-0.2, 0) is 16.6 Å². The SMILES string of the molecule is COc1ccc(C)cc1S(=O)(=O)N(CCN)Cc1ccccc1.Cl. The number of halogens is 1. The van der Waals surface area contributed by atoms with E-state index < -0.39 is 10.0 Å². The second-order valence-corrected chi connectivity index (χ2v) is 7.17. The van der Waals surface area contributed by atoms with Gasteiger partial charge in [-0.25, -0.2) is 8.42 Å². The van der Waals surface area contributed by atoms with Crippen LogP contribution in [-0.4, -0.2) is 32.9 Å². The van der Waals surface area contributed by atoms with Crippen molar-refractivity contribution in [3.8, 4) is 5.75 Å². The predicted octanol–water partition coefficient (Wildman–Crippen LogP) is 2.58. The first-order valence-corrected chi connectivity index (χ1v) is 8.82. The maximum Gasteiger partial charge on any atom is 0.247 e. The van der Waals surface area contributed by atoms with Crippen molar-refractivity contribution in [3.63, 3.8) is 0 Å². The molecule has 0 atom stereocenters. The highest BCUT2D eigenvalue weighted by Gasteiger charge is 2.27. The topological polar surface area (TPSA) is 72.6 Å². The third-order valence-corrected chi connectivity index (χ3v) is 5.38. The van der Waals surface area contributed by atoms with Crippen LogP contribution in [0.1, 0.15) is 11.1 Å². The molecule has 0 amide bonds. The molecule has 0 saturated heterocycles. The van der Waals surface area contributed by atoms with E-state index in [9.17, 15) is 8.42 Å². The molecule has 2 aromatic carbocycles. The molecule has 0 aliphatic heterocycles. The minimum absolute atomic E-state index is 0. The van der Waals surface area contributed by atoms with Crippen LogP contribution in [0.15, 0.2) is 53.4 Å². The van der Waals surface area contributed by atoms with Crippen molar-refractivity contribution in [2.75, 3.05) is 20.2 Å². The van der Waals surface area contributed by atoms with Gasteiger partial charge in [-0.3, -0.25) is 0 Å². The number of aryl methyl sites for hydroxylation is 1. The first-order valence-electron chi connectivity index (χ1n) is 7.38. The van der Waals surface area contributed by atoms with E-state index in [1.54, 1.807) is 12.1 Å². The van der Waals surface area contributed by atoms with Gasteiger partial charge in [0.2, 0.25) is 10.0 Å². The average Bonchev–Trinajstić information content (AvgIpc) is 2.55. The fourth-order valence-electron chi connectivity index (χ4n) is 2.34. The molecular formula is C17H23ClN2O3S. The quantitative estimate of drug-likeness (QED) is 0.813. The molecule has 0 aliphatic rings. The van der Waals surface area contributed by atoms with E-state index in [4.69, 9.17) is 10.5 Å². The molecule has 0 unspecified atom stereocenters. The van der Waals surface area contributed by atoms with Crippen molar-refractivity contribution < 1.29 is 13.2 Å². The Morgan fingerprint density at radius 1 is 1.12 bits per heavy atom. The minimum atomic E-state index is -3.70. The second-order valence-electron chi connectivity index (χ2n) is 5.27. The van der Waals surface area contributed by atoms with Crippen LogP contribution in [0.2, 0.25) is 0 Å². The first kappa shape index (κ1) is 20.4. The summed E-state index contributed by atoms with van der Waals surface area (Å²) in [6.07, 6.45) is 0. The molecule has 0 heterocycles. The Balaban J connectivity index is 0.00000288. The number of nitrogens with two attached hydrogens (primary N) is 1. The van der Waals surface area contributed by atoms with Crippen molar-refractivity contribution in [1.29, 1.82) is 0 Å². The summed E-state index contributed by atoms with van der Waals surface area (Å²) in [5.41, 5.74) is 7.39. The lowest BCUT2D eigenvalue weighted by molar-refractivity contribution is 0.388. The van der Waals surface area contributed by atoms with E-state index in [2.05, 4.69) is 0 Å². The standard InChI is InChI=1S/C17H22N2O3S.ClH/c1-14-8-9-16(22-2)17(12-14)23(20,21)19(11-10-18)13-15-6-4-3-5-7-15;/h3-9,12H,10-11,13,18H2,1-2H3;1H. The van der Waals surface area contributed by atoms with E-state index >= 15 is 0 Å². The molecule has 24 heavy (non-hydrogen) atoms. The fourth-order valence-corrected chi connectivity index (χ4v) is 4.02. The summed E-state index contributed by atoms with van der Waals surface area (Å²) in [5.74, 6) is 0.339. The van der Waals surface area contributed by atoms with E-state index in [-0.39, 0.29) is 36.9 Å². The van der Waals surface area contributed by atoms with Gasteiger partial charge in [0, 0.05) is 19.6 Å². The van der Waals surface area contributed by atoms with Crippen LogP contribution in [0.5, 0.6) is 5.75 Å². The number of nitrogens with zero attached hydrogens (tertiary/aromatic N) is 1. The van der Waals surface area contributed by atoms with E-state index in [1.165, 1.54) is 11.4 Å². The molecule has 2 N–H and O–H groups in total. The van der Waals surface area contributed by atoms with Gasteiger partial charge in [-0.1, -0.05) is 36.4 Å². The van der Waals surface area contributed by atoms with Crippen molar-refractivity contribution in [2.45, 2.75) is 18.4 Å². The van der Waals surface area contributed by atoms with Gasteiger partial charge in [0.05, 0.1) is 7.11 Å². The smallest absolute Gasteiger partial charge is 0.247 e. The van der Waals surface area contributed by atoms with Gasteiger partial charge in [-0.15, -0.1) is 12.4 Å². The summed E-state index contributed by atoms with van der Waals surface area (Å²) in [6, 6.07) is 14.6. The van der Waals surface area contributed by atoms with Crippen LogP contribution >= 0.6 is 12.4 Å². The highest BCUT2D eigenvalue weighted by atomic mass is 35.5. The van der Waals surface area contributed by atoms with Crippen molar-refractivity contribution in [2.24, 2.45) is 5.73 Å². The number of sulfonamides is 1. The summed E-state index contributed by atoms with van der Waals surface area (Å²) < 4.78 is 32.7. The molecule has 0 radical (unpaired) electrons. The van der Waals surface area contributed by atoms with Crippen LogP contribution in [0.4, 0.5) is 0 Å². The minimum Gasteiger partial charge on any atom is -0.495 e. The van der Waals surface area contributed by atoms with Gasteiger partial charge in [-0.05, 0) is 30.2 Å². The molecule has 0 spiro atoms. The van der Waals surface area contributed by atoms with E-state index in [1.807, 2.05) is 43.3 Å². The number of hydrogen-bond acceptors (Lipinski definition) is 4. The zero-order chi connectivity index (χ0) is 16.9. The molecule has 0 aromatic heterocycles. The van der Waals surface area contributed by atoms with Crippen molar-refractivity contribution >= 4 is 22.4 Å². The molecule has 7 heteroatoms.